The topological polar surface area (TPSA) is 34.3 Å². The number of hydrogen-bond donors (Lipinski definition) is 1. The average molecular weight is 130 g/mol. The lowest BCUT2D eigenvalue weighted by molar-refractivity contribution is 0.0973. The highest BCUT2D eigenvalue weighted by Crippen LogP contribution is 2.03. The molecule has 0 aromatic heterocycles. The van der Waals surface area contributed by atoms with Gasteiger partial charge < -0.3 is 5.11 Å². The molecule has 0 aliphatic rings. The van der Waals surface area contributed by atoms with E-state index in [0.717, 1.165) is 0 Å². The molecule has 1 atom stereocenters. The third kappa shape index (κ3) is 5.80. The van der Waals surface area contributed by atoms with Gasteiger partial charge in [-0.3, -0.25) is 0 Å². The molecule has 55 valence electrons. The summed E-state index contributed by atoms with van der Waals surface area (Å²) in [5.74, 6) is 0. The van der Waals surface area contributed by atoms with Crippen molar-refractivity contribution in [2.24, 2.45) is 0 Å². The van der Waals surface area contributed by atoms with Crippen LogP contribution in [0, 0.1) is 0 Å². The molecule has 0 saturated heterocycles. The molecule has 0 aliphatic heterocycles. The smallest absolute Gasteiger partial charge is 0.120 e. The quantitative estimate of drug-likeness (QED) is 0.597. The van der Waals surface area contributed by atoms with Gasteiger partial charge in [0, 0.05) is 5.54 Å². The van der Waals surface area contributed by atoms with Gasteiger partial charge >= 0.3 is 0 Å². The first kappa shape index (κ1) is 8.92. The summed E-state index contributed by atoms with van der Waals surface area (Å²) in [5.41, 5.74) is -0.102. The van der Waals surface area contributed by atoms with Crippen molar-refractivity contribution < 1.29 is 5.11 Å². The van der Waals surface area contributed by atoms with Crippen LogP contribution < -0.4 is 5.32 Å². The summed E-state index contributed by atoms with van der Waals surface area (Å²) in [4.78, 5) is 0. The molecule has 1 unspecified atom stereocenters. The Kier molecular flexibility index (Phi) is 3.15. The van der Waals surface area contributed by atoms with Crippen LogP contribution in [0.2, 0.25) is 0 Å². The van der Waals surface area contributed by atoms with Crippen LogP contribution in [0.4, 0.5) is 0 Å². The van der Waals surface area contributed by atoms with E-state index in [0.29, 0.717) is 6.42 Å². The Bertz CT molecular complexity index is 75.5. The fraction of sp³-hybridized carbons (Fsp3) is 1.00. The van der Waals surface area contributed by atoms with E-state index >= 15 is 0 Å². The Morgan fingerprint density at radius 3 is 2.00 bits per heavy atom. The fourth-order valence-electron chi connectivity index (χ4n) is 0.538. The molecule has 1 N–H and O–H groups in total. The molecule has 0 saturated carbocycles. The van der Waals surface area contributed by atoms with Crippen molar-refractivity contribution in [3.63, 3.8) is 0 Å². The van der Waals surface area contributed by atoms with Crippen LogP contribution in [0.3, 0.4) is 0 Å². The maximum Gasteiger partial charge on any atom is 0.120 e. The van der Waals surface area contributed by atoms with E-state index in [9.17, 15) is 0 Å². The molecule has 0 rings (SSSR count). The van der Waals surface area contributed by atoms with Gasteiger partial charge in [0.2, 0.25) is 0 Å². The van der Waals surface area contributed by atoms with E-state index in [-0.39, 0.29) is 5.54 Å². The lowest BCUT2D eigenvalue weighted by atomic mass is 10.1. The number of nitrogens with zero attached hydrogens (tertiary/aromatic N) is 1. The molecule has 0 aromatic rings. The second-order valence-corrected chi connectivity index (χ2v) is 3.19. The van der Waals surface area contributed by atoms with Crippen molar-refractivity contribution in [3.8, 4) is 0 Å². The zero-order valence-electron chi connectivity index (χ0n) is 6.68. The Hall–Kier alpha value is -0.0800. The summed E-state index contributed by atoms with van der Waals surface area (Å²) < 4.78 is 0. The van der Waals surface area contributed by atoms with Gasteiger partial charge in [-0.15, -0.1) is 0 Å². The lowest BCUT2D eigenvalue weighted by Crippen LogP contribution is -2.36. The molecule has 0 spiro atoms. The normalized spacial score (nSPS) is 15.7. The van der Waals surface area contributed by atoms with E-state index in [1.165, 1.54) is 0 Å². The molecule has 0 aliphatic carbocycles. The van der Waals surface area contributed by atoms with Gasteiger partial charge in [-0.2, -0.15) is 0 Å². The molecule has 0 amide bonds. The molecule has 0 heterocycles. The molecule has 2 heteroatoms. The fourth-order valence-corrected chi connectivity index (χ4v) is 0.538. The van der Waals surface area contributed by atoms with E-state index < -0.39 is 6.23 Å². The molecule has 2 nitrogen and oxygen atoms in total. The number of rotatable bonds is 2. The van der Waals surface area contributed by atoms with E-state index in [2.05, 4.69) is 5.32 Å². The van der Waals surface area contributed by atoms with Crippen molar-refractivity contribution in [1.29, 1.82) is 0 Å². The van der Waals surface area contributed by atoms with Crippen LogP contribution in [-0.2, 0) is 0 Å². The monoisotopic (exact) mass is 130 g/mol. The summed E-state index contributed by atoms with van der Waals surface area (Å²) in [6, 6.07) is 0. The van der Waals surface area contributed by atoms with Crippen molar-refractivity contribution in [2.75, 3.05) is 0 Å². The number of aliphatic hydroxyl groups excluding tert-OH is 1. The van der Waals surface area contributed by atoms with Crippen molar-refractivity contribution in [2.45, 2.75) is 45.9 Å². The van der Waals surface area contributed by atoms with Gasteiger partial charge in [0.15, 0.2) is 0 Å². The zero-order valence-corrected chi connectivity index (χ0v) is 6.68. The first-order valence-corrected chi connectivity index (χ1v) is 3.36. The van der Waals surface area contributed by atoms with E-state index in [1.54, 1.807) is 0 Å². The largest absolute Gasteiger partial charge is 0.377 e. The Morgan fingerprint density at radius 1 is 1.44 bits per heavy atom. The van der Waals surface area contributed by atoms with Crippen molar-refractivity contribution in [1.82, 2.24) is 5.32 Å². The maximum atomic E-state index is 9.03. The van der Waals surface area contributed by atoms with Gasteiger partial charge in [0.1, 0.15) is 6.23 Å². The van der Waals surface area contributed by atoms with Gasteiger partial charge in [0.05, 0.1) is 0 Å². The second kappa shape index (κ2) is 3.18. The standard InChI is InChI=1S/C7H16NO/c1-5-6(9)8-7(2,3)4/h6,9H,5H2,1-4H3. The SMILES string of the molecule is CCC(O)[N]C(C)(C)C. The Labute approximate surface area is 57.3 Å². The third-order valence-electron chi connectivity index (χ3n) is 0.901. The highest BCUT2D eigenvalue weighted by Gasteiger charge is 2.14. The average Bonchev–Trinajstić information content (AvgIpc) is 1.62. The van der Waals surface area contributed by atoms with Crippen LogP contribution in [0.15, 0.2) is 0 Å². The minimum absolute atomic E-state index is 0.102. The van der Waals surface area contributed by atoms with Crippen LogP contribution in [0.1, 0.15) is 34.1 Å². The molecule has 0 bridgehead atoms. The zero-order chi connectivity index (χ0) is 7.49. The summed E-state index contributed by atoms with van der Waals surface area (Å²) in [5, 5.41) is 13.1. The molecular formula is C7H16NO. The first-order valence-electron chi connectivity index (χ1n) is 3.36. The lowest BCUT2D eigenvalue weighted by Gasteiger charge is -2.21. The van der Waals surface area contributed by atoms with Crippen LogP contribution in [-0.4, -0.2) is 16.9 Å². The van der Waals surface area contributed by atoms with Crippen LogP contribution in [0.5, 0.6) is 0 Å². The highest BCUT2D eigenvalue weighted by molar-refractivity contribution is 4.70. The molecule has 0 aromatic carbocycles. The van der Waals surface area contributed by atoms with Crippen molar-refractivity contribution in [3.05, 3.63) is 0 Å². The second-order valence-electron chi connectivity index (χ2n) is 3.19. The summed E-state index contributed by atoms with van der Waals surface area (Å²) >= 11 is 0. The molecule has 9 heavy (non-hydrogen) atoms. The Balaban J connectivity index is 3.47. The summed E-state index contributed by atoms with van der Waals surface area (Å²) in [6.45, 7) is 7.85. The summed E-state index contributed by atoms with van der Waals surface area (Å²) in [6.07, 6.45) is 0.224. The number of hydrogen-bond acceptors (Lipinski definition) is 1. The molecule has 1 radical (unpaired) electrons. The van der Waals surface area contributed by atoms with Gasteiger partial charge in [-0.05, 0) is 27.2 Å². The highest BCUT2D eigenvalue weighted by atomic mass is 16.3. The van der Waals surface area contributed by atoms with E-state index in [4.69, 9.17) is 5.11 Å². The van der Waals surface area contributed by atoms with Gasteiger partial charge in [-0.1, -0.05) is 6.92 Å². The third-order valence-corrected chi connectivity index (χ3v) is 0.901. The predicted octanol–water partition coefficient (Wildman–Crippen LogP) is 1.12. The first-order chi connectivity index (χ1) is 3.95. The maximum absolute atomic E-state index is 9.03. The minimum atomic E-state index is -0.481. The van der Waals surface area contributed by atoms with Gasteiger partial charge in [0.25, 0.3) is 0 Å². The number of aliphatic hydroxyl groups is 1. The molecular weight excluding hydrogens is 114 g/mol. The predicted molar refractivity (Wildman–Crippen MR) is 38.2 cm³/mol. The Morgan fingerprint density at radius 2 is 1.89 bits per heavy atom. The molecule has 0 fully saturated rings. The van der Waals surface area contributed by atoms with Crippen LogP contribution >= 0.6 is 0 Å². The minimum Gasteiger partial charge on any atom is -0.377 e. The van der Waals surface area contributed by atoms with Gasteiger partial charge in [-0.25, -0.2) is 5.32 Å². The summed E-state index contributed by atoms with van der Waals surface area (Å²) in [7, 11) is 0. The van der Waals surface area contributed by atoms with Crippen LogP contribution in [0.25, 0.3) is 0 Å². The van der Waals surface area contributed by atoms with E-state index in [1.807, 2.05) is 27.7 Å². The van der Waals surface area contributed by atoms with Crippen molar-refractivity contribution >= 4 is 0 Å².